The standard InChI is InChI=1S/C16H17Br2NO/c1-11(14-8-7-13(17)9-15(14)18)19-16(10-20)12-5-3-2-4-6-12/h2-9,11,16,19-20H,10H2,1H3/t11?,16-/m0/s1. The van der Waals surface area contributed by atoms with Gasteiger partial charge in [-0.25, -0.2) is 0 Å². The molecule has 0 aromatic heterocycles. The van der Waals surface area contributed by atoms with Gasteiger partial charge in [0.25, 0.3) is 0 Å². The number of halogens is 2. The average Bonchev–Trinajstić information content (AvgIpc) is 2.45. The maximum Gasteiger partial charge on any atom is 0.0626 e. The number of hydrogen-bond donors (Lipinski definition) is 2. The lowest BCUT2D eigenvalue weighted by molar-refractivity contribution is 0.235. The summed E-state index contributed by atoms with van der Waals surface area (Å²) >= 11 is 7.04. The molecule has 20 heavy (non-hydrogen) atoms. The van der Waals surface area contributed by atoms with Crippen molar-refractivity contribution in [2.75, 3.05) is 6.61 Å². The fourth-order valence-electron chi connectivity index (χ4n) is 2.18. The van der Waals surface area contributed by atoms with E-state index >= 15 is 0 Å². The van der Waals surface area contributed by atoms with E-state index in [4.69, 9.17) is 0 Å². The Morgan fingerprint density at radius 2 is 1.80 bits per heavy atom. The van der Waals surface area contributed by atoms with Crippen LogP contribution in [-0.2, 0) is 0 Å². The first-order chi connectivity index (χ1) is 9.61. The van der Waals surface area contributed by atoms with Gasteiger partial charge < -0.3 is 10.4 Å². The maximum absolute atomic E-state index is 9.61. The first-order valence-corrected chi connectivity index (χ1v) is 8.07. The van der Waals surface area contributed by atoms with Gasteiger partial charge in [0.05, 0.1) is 12.6 Å². The highest BCUT2D eigenvalue weighted by Gasteiger charge is 2.16. The van der Waals surface area contributed by atoms with E-state index < -0.39 is 0 Å². The number of aliphatic hydroxyl groups excluding tert-OH is 1. The second-order valence-electron chi connectivity index (χ2n) is 4.70. The van der Waals surface area contributed by atoms with E-state index in [9.17, 15) is 5.11 Å². The van der Waals surface area contributed by atoms with Crippen molar-refractivity contribution in [2.24, 2.45) is 0 Å². The summed E-state index contributed by atoms with van der Waals surface area (Å²) in [6.07, 6.45) is 0. The highest BCUT2D eigenvalue weighted by molar-refractivity contribution is 9.11. The third-order valence-electron chi connectivity index (χ3n) is 3.26. The third kappa shape index (κ3) is 3.92. The van der Waals surface area contributed by atoms with Crippen LogP contribution in [0.4, 0.5) is 0 Å². The van der Waals surface area contributed by atoms with Crippen molar-refractivity contribution in [3.8, 4) is 0 Å². The Labute approximate surface area is 136 Å². The van der Waals surface area contributed by atoms with Crippen molar-refractivity contribution in [1.82, 2.24) is 5.32 Å². The number of nitrogens with one attached hydrogen (secondary N) is 1. The molecule has 0 radical (unpaired) electrons. The lowest BCUT2D eigenvalue weighted by atomic mass is 10.0. The van der Waals surface area contributed by atoms with Crippen molar-refractivity contribution in [3.05, 3.63) is 68.6 Å². The van der Waals surface area contributed by atoms with E-state index in [-0.39, 0.29) is 18.7 Å². The lowest BCUT2D eigenvalue weighted by Gasteiger charge is -2.23. The monoisotopic (exact) mass is 397 g/mol. The van der Waals surface area contributed by atoms with Crippen LogP contribution in [0.15, 0.2) is 57.5 Å². The normalized spacial score (nSPS) is 14.0. The largest absolute Gasteiger partial charge is 0.394 e. The van der Waals surface area contributed by atoms with E-state index in [2.05, 4.69) is 50.2 Å². The second kappa shape index (κ2) is 7.36. The minimum atomic E-state index is -0.0678. The SMILES string of the molecule is CC(N[C@@H](CO)c1ccccc1)c1ccc(Br)cc1Br. The van der Waals surface area contributed by atoms with Gasteiger partial charge in [-0.1, -0.05) is 68.3 Å². The topological polar surface area (TPSA) is 32.3 Å². The van der Waals surface area contributed by atoms with Crippen molar-refractivity contribution >= 4 is 31.9 Å². The Balaban J connectivity index is 2.15. The molecule has 2 aromatic carbocycles. The molecule has 2 N–H and O–H groups in total. The molecular weight excluding hydrogens is 382 g/mol. The van der Waals surface area contributed by atoms with Gasteiger partial charge in [0.15, 0.2) is 0 Å². The lowest BCUT2D eigenvalue weighted by Crippen LogP contribution is -2.27. The van der Waals surface area contributed by atoms with Crippen molar-refractivity contribution in [3.63, 3.8) is 0 Å². The molecule has 4 heteroatoms. The molecule has 0 aliphatic carbocycles. The highest BCUT2D eigenvalue weighted by Crippen LogP contribution is 2.28. The summed E-state index contributed by atoms with van der Waals surface area (Å²) < 4.78 is 2.10. The van der Waals surface area contributed by atoms with E-state index in [0.29, 0.717) is 0 Å². The van der Waals surface area contributed by atoms with Crippen LogP contribution in [-0.4, -0.2) is 11.7 Å². The van der Waals surface area contributed by atoms with Gasteiger partial charge >= 0.3 is 0 Å². The van der Waals surface area contributed by atoms with Crippen LogP contribution >= 0.6 is 31.9 Å². The molecule has 0 aliphatic heterocycles. The van der Waals surface area contributed by atoms with Gasteiger partial charge in [0.2, 0.25) is 0 Å². The quantitative estimate of drug-likeness (QED) is 0.771. The van der Waals surface area contributed by atoms with Crippen molar-refractivity contribution < 1.29 is 5.11 Å². The molecule has 0 aliphatic rings. The zero-order chi connectivity index (χ0) is 14.5. The molecule has 2 atom stereocenters. The zero-order valence-electron chi connectivity index (χ0n) is 11.2. The van der Waals surface area contributed by atoms with Crippen LogP contribution in [0.3, 0.4) is 0 Å². The summed E-state index contributed by atoms with van der Waals surface area (Å²) in [6.45, 7) is 2.17. The molecule has 2 aromatic rings. The molecule has 0 heterocycles. The van der Waals surface area contributed by atoms with Gasteiger partial charge in [-0.05, 0) is 30.2 Å². The molecule has 0 spiro atoms. The van der Waals surface area contributed by atoms with E-state index in [1.54, 1.807) is 0 Å². The smallest absolute Gasteiger partial charge is 0.0626 e. The Morgan fingerprint density at radius 1 is 1.10 bits per heavy atom. The fraction of sp³-hybridized carbons (Fsp3) is 0.250. The van der Waals surface area contributed by atoms with Crippen LogP contribution in [0.5, 0.6) is 0 Å². The molecule has 0 bridgehead atoms. The Morgan fingerprint density at radius 3 is 2.40 bits per heavy atom. The maximum atomic E-state index is 9.61. The zero-order valence-corrected chi connectivity index (χ0v) is 14.4. The predicted molar refractivity (Wildman–Crippen MR) is 89.7 cm³/mol. The van der Waals surface area contributed by atoms with Crippen LogP contribution in [0.25, 0.3) is 0 Å². The summed E-state index contributed by atoms with van der Waals surface area (Å²) in [6, 6.07) is 16.2. The first kappa shape index (κ1) is 15.7. The Hall–Kier alpha value is -0.680. The number of hydrogen-bond acceptors (Lipinski definition) is 2. The highest BCUT2D eigenvalue weighted by atomic mass is 79.9. The Bertz CT molecular complexity index is 560. The minimum absolute atomic E-state index is 0.0678. The molecule has 106 valence electrons. The summed E-state index contributed by atoms with van der Waals surface area (Å²) in [4.78, 5) is 0. The summed E-state index contributed by atoms with van der Waals surface area (Å²) in [5.41, 5.74) is 2.26. The minimum Gasteiger partial charge on any atom is -0.394 e. The van der Waals surface area contributed by atoms with Gasteiger partial charge in [0.1, 0.15) is 0 Å². The van der Waals surface area contributed by atoms with Gasteiger partial charge in [-0.15, -0.1) is 0 Å². The molecule has 2 nitrogen and oxygen atoms in total. The fourth-order valence-corrected chi connectivity index (χ4v) is 3.57. The number of rotatable bonds is 5. The average molecular weight is 399 g/mol. The molecular formula is C16H17Br2NO. The van der Waals surface area contributed by atoms with Crippen molar-refractivity contribution in [2.45, 2.75) is 19.0 Å². The van der Waals surface area contributed by atoms with Crippen LogP contribution < -0.4 is 5.32 Å². The van der Waals surface area contributed by atoms with Crippen LogP contribution in [0.1, 0.15) is 30.1 Å². The van der Waals surface area contributed by atoms with E-state index in [1.807, 2.05) is 42.5 Å². The van der Waals surface area contributed by atoms with Gasteiger partial charge in [-0.3, -0.25) is 0 Å². The molecule has 0 fully saturated rings. The van der Waals surface area contributed by atoms with E-state index in [0.717, 1.165) is 14.5 Å². The first-order valence-electron chi connectivity index (χ1n) is 6.48. The van der Waals surface area contributed by atoms with Crippen molar-refractivity contribution in [1.29, 1.82) is 0 Å². The number of benzene rings is 2. The predicted octanol–water partition coefficient (Wildman–Crippen LogP) is 4.60. The summed E-state index contributed by atoms with van der Waals surface area (Å²) in [5.74, 6) is 0. The Kier molecular flexibility index (Phi) is 5.78. The molecule has 0 saturated heterocycles. The van der Waals surface area contributed by atoms with Gasteiger partial charge in [-0.2, -0.15) is 0 Å². The summed E-state index contributed by atoms with van der Waals surface area (Å²) in [7, 11) is 0. The molecule has 2 rings (SSSR count). The van der Waals surface area contributed by atoms with Gasteiger partial charge in [0, 0.05) is 15.0 Å². The van der Waals surface area contributed by atoms with E-state index in [1.165, 1.54) is 5.56 Å². The molecule has 0 amide bonds. The number of aliphatic hydroxyl groups is 1. The third-order valence-corrected chi connectivity index (χ3v) is 4.44. The second-order valence-corrected chi connectivity index (χ2v) is 6.47. The summed E-state index contributed by atoms with van der Waals surface area (Å²) in [5, 5.41) is 13.1. The molecule has 0 saturated carbocycles. The van der Waals surface area contributed by atoms with Crippen LogP contribution in [0.2, 0.25) is 0 Å². The molecule has 1 unspecified atom stereocenters. The van der Waals surface area contributed by atoms with Crippen LogP contribution in [0, 0.1) is 0 Å².